The van der Waals surface area contributed by atoms with E-state index in [2.05, 4.69) is 15.4 Å². The minimum absolute atomic E-state index is 0.256. The average Bonchev–Trinajstić information content (AvgIpc) is 2.97. The van der Waals surface area contributed by atoms with Crippen LogP contribution in [0.1, 0.15) is 10.4 Å². The van der Waals surface area contributed by atoms with Crippen LogP contribution in [0.3, 0.4) is 0 Å². The molecule has 5 nitrogen and oxygen atoms in total. The fraction of sp³-hybridized carbons (Fsp3) is 0. The molecular formula is C17H11ClN4O. The largest absolute Gasteiger partial charge is 0.289 e. The van der Waals surface area contributed by atoms with Gasteiger partial charge in [-0.05, 0) is 29.7 Å². The van der Waals surface area contributed by atoms with Gasteiger partial charge < -0.3 is 0 Å². The van der Waals surface area contributed by atoms with E-state index in [1.165, 1.54) is 0 Å². The first kappa shape index (κ1) is 13.7. The third-order valence-corrected chi connectivity index (χ3v) is 3.78. The SMILES string of the molecule is O=C(Nc1nc2c3ccccc3ccn2n1)c1cccc(Cl)c1. The molecule has 0 atom stereocenters. The van der Waals surface area contributed by atoms with Crippen LogP contribution in [0.4, 0.5) is 5.95 Å². The fourth-order valence-electron chi connectivity index (χ4n) is 2.46. The number of halogens is 1. The van der Waals surface area contributed by atoms with Gasteiger partial charge in [0.15, 0.2) is 5.65 Å². The number of hydrogen-bond donors (Lipinski definition) is 1. The average molecular weight is 323 g/mol. The molecule has 2 aromatic carbocycles. The zero-order chi connectivity index (χ0) is 15.8. The van der Waals surface area contributed by atoms with Gasteiger partial charge in [-0.2, -0.15) is 4.98 Å². The van der Waals surface area contributed by atoms with Crippen LogP contribution in [0.25, 0.3) is 16.4 Å². The zero-order valence-corrected chi connectivity index (χ0v) is 12.7. The van der Waals surface area contributed by atoms with Crippen molar-refractivity contribution in [3.8, 4) is 0 Å². The third-order valence-electron chi connectivity index (χ3n) is 3.54. The van der Waals surface area contributed by atoms with Crippen molar-refractivity contribution in [2.75, 3.05) is 5.32 Å². The van der Waals surface area contributed by atoms with Gasteiger partial charge in [0.05, 0.1) is 0 Å². The van der Waals surface area contributed by atoms with Crippen molar-refractivity contribution in [2.45, 2.75) is 0 Å². The lowest BCUT2D eigenvalue weighted by atomic mass is 10.2. The molecule has 1 amide bonds. The molecule has 0 unspecified atom stereocenters. The number of pyridine rings is 1. The first-order valence-electron chi connectivity index (χ1n) is 7.02. The van der Waals surface area contributed by atoms with Crippen LogP contribution in [-0.2, 0) is 0 Å². The van der Waals surface area contributed by atoms with E-state index in [0.29, 0.717) is 16.2 Å². The number of benzene rings is 2. The first-order valence-corrected chi connectivity index (χ1v) is 7.39. The van der Waals surface area contributed by atoms with Gasteiger partial charge in [-0.25, -0.2) is 4.52 Å². The number of anilines is 1. The van der Waals surface area contributed by atoms with Crippen molar-refractivity contribution in [2.24, 2.45) is 0 Å². The maximum atomic E-state index is 12.2. The first-order chi connectivity index (χ1) is 11.2. The molecular weight excluding hydrogens is 312 g/mol. The summed E-state index contributed by atoms with van der Waals surface area (Å²) in [5, 5.41) is 9.54. The van der Waals surface area contributed by atoms with Crippen LogP contribution in [-0.4, -0.2) is 20.5 Å². The highest BCUT2D eigenvalue weighted by molar-refractivity contribution is 6.31. The molecule has 4 rings (SSSR count). The topological polar surface area (TPSA) is 59.3 Å². The third kappa shape index (κ3) is 2.51. The van der Waals surface area contributed by atoms with Crippen LogP contribution >= 0.6 is 11.6 Å². The summed E-state index contributed by atoms with van der Waals surface area (Å²) in [4.78, 5) is 16.7. The number of hydrogen-bond acceptors (Lipinski definition) is 3. The van der Waals surface area contributed by atoms with Gasteiger partial charge in [-0.15, -0.1) is 5.10 Å². The Morgan fingerprint density at radius 3 is 2.83 bits per heavy atom. The van der Waals surface area contributed by atoms with Gasteiger partial charge in [0, 0.05) is 22.2 Å². The van der Waals surface area contributed by atoms with Crippen molar-refractivity contribution >= 4 is 39.9 Å². The maximum Gasteiger partial charge on any atom is 0.258 e. The number of fused-ring (bicyclic) bond motifs is 3. The summed E-state index contributed by atoms with van der Waals surface area (Å²) in [5.41, 5.74) is 1.16. The second-order valence-electron chi connectivity index (χ2n) is 5.07. The Morgan fingerprint density at radius 2 is 1.96 bits per heavy atom. The molecule has 0 aliphatic carbocycles. The molecule has 4 aromatic rings. The smallest absolute Gasteiger partial charge is 0.258 e. The number of carbonyl (C=O) groups excluding carboxylic acids is 1. The molecule has 0 saturated carbocycles. The van der Waals surface area contributed by atoms with Crippen molar-refractivity contribution in [3.05, 3.63) is 71.4 Å². The standard InChI is InChI=1S/C17H11ClN4O/c18-13-6-3-5-12(10-13)16(23)20-17-19-15-14-7-2-1-4-11(14)8-9-22(15)21-17/h1-10H,(H,20,21,23). The highest BCUT2D eigenvalue weighted by Gasteiger charge is 2.11. The molecule has 0 bridgehead atoms. The lowest BCUT2D eigenvalue weighted by Crippen LogP contribution is -2.12. The Labute approximate surface area is 136 Å². The highest BCUT2D eigenvalue weighted by Crippen LogP contribution is 2.19. The van der Waals surface area contributed by atoms with Crippen molar-refractivity contribution in [3.63, 3.8) is 0 Å². The van der Waals surface area contributed by atoms with Crippen LogP contribution in [0.5, 0.6) is 0 Å². The van der Waals surface area contributed by atoms with E-state index < -0.39 is 0 Å². The van der Waals surface area contributed by atoms with Crippen molar-refractivity contribution in [1.82, 2.24) is 14.6 Å². The van der Waals surface area contributed by atoms with Gasteiger partial charge in [-0.1, -0.05) is 41.9 Å². The van der Waals surface area contributed by atoms with Crippen LogP contribution in [0.15, 0.2) is 60.8 Å². The molecule has 0 aliphatic heterocycles. The molecule has 2 heterocycles. The number of nitrogens with zero attached hydrogens (tertiary/aromatic N) is 3. The molecule has 1 N–H and O–H groups in total. The highest BCUT2D eigenvalue weighted by atomic mass is 35.5. The summed E-state index contributed by atoms with van der Waals surface area (Å²) < 4.78 is 1.65. The number of amides is 1. The monoisotopic (exact) mass is 322 g/mol. The number of carbonyl (C=O) groups is 1. The molecule has 0 aliphatic rings. The van der Waals surface area contributed by atoms with E-state index in [1.54, 1.807) is 28.8 Å². The molecule has 0 radical (unpaired) electrons. The Hall–Kier alpha value is -2.92. The van der Waals surface area contributed by atoms with Gasteiger partial charge in [0.25, 0.3) is 5.91 Å². The minimum Gasteiger partial charge on any atom is -0.289 e. The van der Waals surface area contributed by atoms with E-state index in [1.807, 2.05) is 36.5 Å². The Kier molecular flexibility index (Phi) is 3.20. The Bertz CT molecular complexity index is 1040. The second kappa shape index (κ2) is 5.37. The minimum atomic E-state index is -0.298. The Morgan fingerprint density at radius 1 is 1.09 bits per heavy atom. The normalized spacial score (nSPS) is 11.0. The van der Waals surface area contributed by atoms with Gasteiger partial charge >= 0.3 is 0 Å². The number of aromatic nitrogens is 3. The van der Waals surface area contributed by atoms with Crippen molar-refractivity contribution < 1.29 is 4.79 Å². The van der Waals surface area contributed by atoms with Gasteiger partial charge in [0.1, 0.15) is 0 Å². The molecule has 112 valence electrons. The summed E-state index contributed by atoms with van der Waals surface area (Å²) in [7, 11) is 0. The lowest BCUT2D eigenvalue weighted by molar-refractivity contribution is 0.102. The summed E-state index contributed by atoms with van der Waals surface area (Å²) in [6, 6.07) is 16.6. The summed E-state index contributed by atoms with van der Waals surface area (Å²) in [6.45, 7) is 0. The summed E-state index contributed by atoms with van der Waals surface area (Å²) in [6.07, 6.45) is 1.82. The van der Waals surface area contributed by atoms with Crippen LogP contribution < -0.4 is 5.32 Å². The molecule has 0 spiro atoms. The predicted octanol–water partition coefficient (Wildman–Crippen LogP) is 3.79. The molecule has 6 heteroatoms. The van der Waals surface area contributed by atoms with E-state index in [9.17, 15) is 4.79 Å². The summed E-state index contributed by atoms with van der Waals surface area (Å²) in [5.74, 6) is -0.0426. The van der Waals surface area contributed by atoms with Gasteiger partial charge in [-0.3, -0.25) is 10.1 Å². The zero-order valence-electron chi connectivity index (χ0n) is 11.9. The fourth-order valence-corrected chi connectivity index (χ4v) is 2.65. The molecule has 0 fully saturated rings. The molecule has 2 aromatic heterocycles. The number of nitrogens with one attached hydrogen (secondary N) is 1. The van der Waals surface area contributed by atoms with Crippen LogP contribution in [0.2, 0.25) is 5.02 Å². The van der Waals surface area contributed by atoms with E-state index in [-0.39, 0.29) is 11.9 Å². The van der Waals surface area contributed by atoms with E-state index in [0.717, 1.165) is 10.8 Å². The maximum absolute atomic E-state index is 12.2. The lowest BCUT2D eigenvalue weighted by Gasteiger charge is -2.00. The quantitative estimate of drug-likeness (QED) is 0.611. The second-order valence-corrected chi connectivity index (χ2v) is 5.51. The van der Waals surface area contributed by atoms with E-state index in [4.69, 9.17) is 11.6 Å². The predicted molar refractivity (Wildman–Crippen MR) is 89.9 cm³/mol. The van der Waals surface area contributed by atoms with E-state index >= 15 is 0 Å². The Balaban J connectivity index is 1.72. The number of rotatable bonds is 2. The van der Waals surface area contributed by atoms with Crippen LogP contribution in [0, 0.1) is 0 Å². The molecule has 0 saturated heterocycles. The van der Waals surface area contributed by atoms with Gasteiger partial charge in [0.2, 0.25) is 5.95 Å². The van der Waals surface area contributed by atoms with Crippen molar-refractivity contribution in [1.29, 1.82) is 0 Å². The molecule has 23 heavy (non-hydrogen) atoms. The summed E-state index contributed by atoms with van der Waals surface area (Å²) >= 11 is 5.91.